The normalized spacial score (nSPS) is 22.7. The molecule has 2 aromatic carbocycles. The van der Waals surface area contributed by atoms with Crippen molar-refractivity contribution in [3.05, 3.63) is 59.7 Å². The van der Waals surface area contributed by atoms with Gasteiger partial charge in [0.2, 0.25) is 11.8 Å². The second kappa shape index (κ2) is 11.6. The molecule has 2 aliphatic rings. The minimum atomic E-state index is -0.184. The zero-order valence-corrected chi connectivity index (χ0v) is 20.8. The molecule has 2 aliphatic heterocycles. The zero-order valence-electron chi connectivity index (χ0n) is 20.8. The predicted molar refractivity (Wildman–Crippen MR) is 134 cm³/mol. The van der Waals surface area contributed by atoms with Gasteiger partial charge >= 0.3 is 0 Å². The van der Waals surface area contributed by atoms with Crippen molar-refractivity contribution in [2.24, 2.45) is 0 Å². The van der Waals surface area contributed by atoms with Gasteiger partial charge in [-0.1, -0.05) is 24.3 Å². The fourth-order valence-electron chi connectivity index (χ4n) is 5.12. The number of likely N-dealkylation sites (tertiary alicyclic amines) is 1. The molecule has 8 heteroatoms. The molecule has 2 amide bonds. The van der Waals surface area contributed by atoms with Gasteiger partial charge in [0, 0.05) is 44.7 Å². The smallest absolute Gasteiger partial charge is 0.239 e. The van der Waals surface area contributed by atoms with Crippen molar-refractivity contribution < 1.29 is 19.1 Å². The fourth-order valence-corrected chi connectivity index (χ4v) is 5.12. The van der Waals surface area contributed by atoms with Gasteiger partial charge in [0.1, 0.15) is 17.5 Å². The van der Waals surface area contributed by atoms with E-state index in [0.29, 0.717) is 25.9 Å². The summed E-state index contributed by atoms with van der Waals surface area (Å²) in [5.74, 6) is 1.73. The van der Waals surface area contributed by atoms with Gasteiger partial charge in [-0.3, -0.25) is 19.4 Å². The maximum Gasteiger partial charge on any atom is 0.239 e. The highest BCUT2D eigenvalue weighted by atomic mass is 16.5. The van der Waals surface area contributed by atoms with E-state index < -0.39 is 0 Å². The minimum absolute atomic E-state index is 0.0221. The Hall–Kier alpha value is -3.10. The Morgan fingerprint density at radius 3 is 2.29 bits per heavy atom. The monoisotopic (exact) mass is 480 g/mol. The van der Waals surface area contributed by atoms with Gasteiger partial charge in [0.05, 0.1) is 14.2 Å². The molecule has 8 nitrogen and oxygen atoms in total. The van der Waals surface area contributed by atoms with Gasteiger partial charge in [-0.25, -0.2) is 0 Å². The predicted octanol–water partition coefficient (Wildman–Crippen LogP) is 2.17. The van der Waals surface area contributed by atoms with Crippen molar-refractivity contribution >= 4 is 11.8 Å². The van der Waals surface area contributed by atoms with E-state index in [1.165, 1.54) is 0 Å². The molecule has 35 heavy (non-hydrogen) atoms. The molecule has 0 aromatic heterocycles. The van der Waals surface area contributed by atoms with Gasteiger partial charge in [0.15, 0.2) is 0 Å². The summed E-state index contributed by atoms with van der Waals surface area (Å²) < 4.78 is 10.4. The number of rotatable bonds is 9. The van der Waals surface area contributed by atoms with Crippen LogP contribution in [-0.2, 0) is 22.7 Å². The number of amides is 2. The number of hydrogen-bond donors (Lipinski definition) is 2. The largest absolute Gasteiger partial charge is 0.497 e. The van der Waals surface area contributed by atoms with Crippen LogP contribution in [0, 0.1) is 0 Å². The molecule has 0 spiro atoms. The summed E-state index contributed by atoms with van der Waals surface area (Å²) in [4.78, 5) is 30.1. The summed E-state index contributed by atoms with van der Waals surface area (Å²) in [5.41, 5.74) is 2.19. The third-order valence-corrected chi connectivity index (χ3v) is 7.25. The molecule has 2 fully saturated rings. The number of fused-ring (bicyclic) bond motifs is 1. The molecule has 0 saturated carbocycles. The highest BCUT2D eigenvalue weighted by Gasteiger charge is 2.44. The number of methoxy groups -OCH3 is 2. The Morgan fingerprint density at radius 2 is 1.66 bits per heavy atom. The van der Waals surface area contributed by atoms with Crippen LogP contribution in [0.25, 0.3) is 0 Å². The molecule has 4 rings (SSSR count). The summed E-state index contributed by atoms with van der Waals surface area (Å²) in [5, 5.41) is 6.14. The first-order valence-corrected chi connectivity index (χ1v) is 12.2. The number of carbonyl (C=O) groups is 2. The molecular formula is C27H36N4O4. The lowest BCUT2D eigenvalue weighted by atomic mass is 10.0. The zero-order chi connectivity index (χ0) is 24.8. The Balaban J connectivity index is 1.30. The standard InChI is InChI=1S/C27H36N4O4/c1-30-21(8-13-25(32)28-16-19-4-9-22(34-2)10-5-19)17-29-27(33)26-24(30)14-15-31(26)18-20-6-11-23(35-3)12-7-20/h4-7,9-12,21,24,26H,8,13-18H2,1-3H3,(H,28,32)(H,29,33)/t21-,24-,26-/m0/s1. The third-order valence-electron chi connectivity index (χ3n) is 7.25. The van der Waals surface area contributed by atoms with Gasteiger partial charge < -0.3 is 20.1 Å². The van der Waals surface area contributed by atoms with Crippen LogP contribution in [0.3, 0.4) is 0 Å². The van der Waals surface area contributed by atoms with Crippen LogP contribution in [0.5, 0.6) is 11.5 Å². The van der Waals surface area contributed by atoms with E-state index in [9.17, 15) is 9.59 Å². The highest BCUT2D eigenvalue weighted by Crippen LogP contribution is 2.29. The van der Waals surface area contributed by atoms with E-state index >= 15 is 0 Å². The molecule has 2 N–H and O–H groups in total. The molecule has 0 bridgehead atoms. The second-order valence-electron chi connectivity index (χ2n) is 9.35. The van der Waals surface area contributed by atoms with Crippen molar-refractivity contribution in [3.63, 3.8) is 0 Å². The van der Waals surface area contributed by atoms with Gasteiger partial charge in [-0.15, -0.1) is 0 Å². The Morgan fingerprint density at radius 1 is 1.03 bits per heavy atom. The molecule has 0 aliphatic carbocycles. The molecule has 0 radical (unpaired) electrons. The molecule has 2 saturated heterocycles. The molecule has 2 aromatic rings. The summed E-state index contributed by atoms with van der Waals surface area (Å²) in [6, 6.07) is 15.8. The number of nitrogens with one attached hydrogen (secondary N) is 2. The van der Waals surface area contributed by atoms with Crippen LogP contribution in [0.1, 0.15) is 30.4 Å². The number of benzene rings is 2. The van der Waals surface area contributed by atoms with E-state index in [4.69, 9.17) is 9.47 Å². The molecular weight excluding hydrogens is 444 g/mol. The number of likely N-dealkylation sites (N-methyl/N-ethyl adjacent to an activating group) is 1. The number of nitrogens with zero attached hydrogens (tertiary/aromatic N) is 2. The topological polar surface area (TPSA) is 83.1 Å². The van der Waals surface area contributed by atoms with E-state index in [0.717, 1.165) is 42.1 Å². The third kappa shape index (κ3) is 6.13. The van der Waals surface area contributed by atoms with Crippen molar-refractivity contribution in [3.8, 4) is 11.5 Å². The average Bonchev–Trinajstić information content (AvgIpc) is 3.26. The number of ether oxygens (including phenoxy) is 2. The Bertz CT molecular complexity index is 995. The van der Waals surface area contributed by atoms with E-state index in [1.54, 1.807) is 14.2 Å². The maximum atomic E-state index is 13.0. The molecule has 0 unspecified atom stereocenters. The summed E-state index contributed by atoms with van der Waals surface area (Å²) in [7, 11) is 5.39. The lowest BCUT2D eigenvalue weighted by Gasteiger charge is -2.33. The van der Waals surface area contributed by atoms with Gasteiger partial charge in [0.25, 0.3) is 0 Å². The number of hydrogen-bond acceptors (Lipinski definition) is 6. The van der Waals surface area contributed by atoms with Crippen molar-refractivity contribution in [1.29, 1.82) is 0 Å². The number of carbonyl (C=O) groups excluding carboxylic acids is 2. The average molecular weight is 481 g/mol. The Kier molecular flexibility index (Phi) is 8.25. The van der Waals surface area contributed by atoms with Crippen LogP contribution < -0.4 is 20.1 Å². The SMILES string of the molecule is COc1ccc(CNC(=O)CC[C@H]2CNC(=O)[C@@H]3[C@H](CCN3Cc3ccc(OC)cc3)N2C)cc1. The lowest BCUT2D eigenvalue weighted by molar-refractivity contribution is -0.126. The van der Waals surface area contributed by atoms with E-state index in [1.807, 2.05) is 36.4 Å². The van der Waals surface area contributed by atoms with Crippen LogP contribution in [0.2, 0.25) is 0 Å². The maximum absolute atomic E-state index is 13.0. The van der Waals surface area contributed by atoms with Crippen LogP contribution in [0.4, 0.5) is 0 Å². The summed E-state index contributed by atoms with van der Waals surface area (Å²) in [6.45, 7) is 2.65. The van der Waals surface area contributed by atoms with Gasteiger partial charge in [-0.05, 0) is 55.3 Å². The van der Waals surface area contributed by atoms with Crippen LogP contribution in [-0.4, -0.2) is 74.1 Å². The first-order valence-electron chi connectivity index (χ1n) is 12.2. The highest BCUT2D eigenvalue weighted by molar-refractivity contribution is 5.83. The van der Waals surface area contributed by atoms with Crippen LogP contribution >= 0.6 is 0 Å². The summed E-state index contributed by atoms with van der Waals surface area (Å²) in [6.07, 6.45) is 2.06. The second-order valence-corrected chi connectivity index (χ2v) is 9.35. The lowest BCUT2D eigenvalue weighted by Crippen LogP contribution is -2.49. The van der Waals surface area contributed by atoms with Gasteiger partial charge in [-0.2, -0.15) is 0 Å². The minimum Gasteiger partial charge on any atom is -0.497 e. The molecule has 2 heterocycles. The quantitative estimate of drug-likeness (QED) is 0.573. The Labute approximate surface area is 207 Å². The van der Waals surface area contributed by atoms with E-state index in [2.05, 4.69) is 39.6 Å². The van der Waals surface area contributed by atoms with Crippen LogP contribution in [0.15, 0.2) is 48.5 Å². The van der Waals surface area contributed by atoms with Crippen molar-refractivity contribution in [1.82, 2.24) is 20.4 Å². The molecule has 188 valence electrons. The van der Waals surface area contributed by atoms with Crippen molar-refractivity contribution in [2.45, 2.75) is 50.5 Å². The first kappa shape index (κ1) is 25.0. The van der Waals surface area contributed by atoms with E-state index in [-0.39, 0.29) is 29.9 Å². The fraction of sp³-hybridized carbons (Fsp3) is 0.481. The molecule has 3 atom stereocenters. The van der Waals surface area contributed by atoms with Crippen molar-refractivity contribution in [2.75, 3.05) is 34.4 Å². The first-order chi connectivity index (χ1) is 17.0. The summed E-state index contributed by atoms with van der Waals surface area (Å²) >= 11 is 0.